The van der Waals surface area contributed by atoms with Gasteiger partial charge in [-0.05, 0) is 385 Å². The third kappa shape index (κ3) is 12.7. The Hall–Kier alpha value is -11.8. The maximum atomic E-state index is 2.88. The van der Waals surface area contributed by atoms with Crippen molar-refractivity contribution in [3.8, 4) is 11.1 Å². The standard InChI is InChI=1S/C70H76BN3.C67H70BN3S/c1-43-38-59-62-60(39-43)74-63-52(69(12)32-16-17-33-70(69,74)13)23-19-24-56(63)71(62)55-31-28-46(42-58(55)73(59)57-25-18-21-48-47-20-14-15-22-49(47)68(10,11)61(48)57)72(44-26-29-50-53(40-44)66(6,7)36-34-64(50,2)3)45-27-30-51-54(41-45)67(8,9)37-35-65(51,4)5;1-41-36-56-59-57(37-41)71-60-49(66(10)30-14-15-31-67(66,71)11)20-17-21-53(60)68(59)52-29-26-44(40-55(52)70(56)54-22-16-19-46-45-18-12-13-23-58(45)72-61(46)54)69(42-24-27-47-50(38-42)64(6,7)34-32-62(47,2)3)43-25-28-48-51(39-43)65(8,9)35-33-63(48,4)5/h14-15,18-31,38-42H,16-17,32-37H2,1-13H3;12-13,16-29,36-40H,14-15,30-35H2,1-11H3. The van der Waals surface area contributed by atoms with Gasteiger partial charge >= 0.3 is 0 Å². The lowest BCUT2D eigenvalue weighted by Gasteiger charge is -2.53. The van der Waals surface area contributed by atoms with Crippen molar-refractivity contribution in [1.82, 2.24) is 0 Å². The van der Waals surface area contributed by atoms with E-state index in [1.807, 2.05) is 11.3 Å². The minimum absolute atomic E-state index is 0.0194. The molecule has 7 heterocycles. The van der Waals surface area contributed by atoms with Crippen molar-refractivity contribution in [3.63, 3.8) is 0 Å². The first kappa shape index (κ1) is 92.8. The molecule has 0 amide bonds. The molecule has 0 radical (unpaired) electrons. The lowest BCUT2D eigenvalue weighted by molar-refractivity contribution is 0.195. The molecule has 6 aliphatic heterocycles. The highest BCUT2D eigenvalue weighted by molar-refractivity contribution is 7.26. The second-order valence-electron chi connectivity index (χ2n) is 54.0. The Bertz CT molecular complexity index is 8020. The number of thiophene rings is 1. The van der Waals surface area contributed by atoms with E-state index in [4.69, 9.17) is 0 Å². The number of rotatable bonds is 8. The van der Waals surface area contributed by atoms with Crippen LogP contribution in [0.1, 0.15) is 333 Å². The number of nitrogens with zero attached hydrogens (tertiary/aromatic N) is 6. The summed E-state index contributed by atoms with van der Waals surface area (Å²) in [5.74, 6) is 0. The number of benzene rings is 14. The molecule has 2 fully saturated rings. The first-order valence-electron chi connectivity index (χ1n) is 55.8. The van der Waals surface area contributed by atoms with Gasteiger partial charge in [-0.1, -0.05) is 304 Å². The number of anilines is 16. The summed E-state index contributed by atoms with van der Waals surface area (Å²) in [4.78, 5) is 16.5. The molecule has 4 atom stereocenters. The van der Waals surface area contributed by atoms with Crippen molar-refractivity contribution in [1.29, 1.82) is 0 Å². The molecule has 9 heteroatoms. The largest absolute Gasteiger partial charge is 0.335 e. The van der Waals surface area contributed by atoms with Gasteiger partial charge < -0.3 is 29.4 Å². The quantitative estimate of drug-likeness (QED) is 0.140. The monoisotopic (exact) mass is 1930 g/mol. The van der Waals surface area contributed by atoms with Crippen LogP contribution in [0.2, 0.25) is 0 Å². The molecule has 146 heavy (non-hydrogen) atoms. The average Bonchev–Trinajstić information content (AvgIpc) is 1.49. The van der Waals surface area contributed by atoms with Gasteiger partial charge in [-0.15, -0.1) is 11.3 Å². The van der Waals surface area contributed by atoms with Crippen LogP contribution in [-0.4, -0.2) is 24.5 Å². The first-order chi connectivity index (χ1) is 69.4. The molecule has 4 unspecified atom stereocenters. The lowest BCUT2D eigenvalue weighted by Crippen LogP contribution is -2.64. The molecular weight excluding hydrogens is 1780 g/mol. The molecule has 14 aromatic carbocycles. The van der Waals surface area contributed by atoms with Gasteiger partial charge in [0.25, 0.3) is 13.4 Å². The molecule has 15 aromatic rings. The minimum Gasteiger partial charge on any atom is -0.335 e. The molecule has 13 aliphatic rings. The predicted molar refractivity (Wildman–Crippen MR) is 628 cm³/mol. The van der Waals surface area contributed by atoms with Crippen molar-refractivity contribution < 1.29 is 0 Å². The highest BCUT2D eigenvalue weighted by atomic mass is 32.1. The number of fused-ring (bicyclic) bond motifs is 24. The Morgan fingerprint density at radius 1 is 0.253 bits per heavy atom. The third-order valence-corrected chi connectivity index (χ3v) is 42.7. The smallest absolute Gasteiger partial charge is 0.252 e. The van der Waals surface area contributed by atoms with Crippen LogP contribution < -0.4 is 62.2 Å². The van der Waals surface area contributed by atoms with Crippen molar-refractivity contribution >= 4 is 169 Å². The molecule has 7 aliphatic carbocycles. The molecule has 0 N–H and O–H groups in total. The Morgan fingerprint density at radius 2 is 0.589 bits per heavy atom. The summed E-state index contributed by atoms with van der Waals surface area (Å²) in [5.41, 5.74) is 53.3. The van der Waals surface area contributed by atoms with E-state index in [9.17, 15) is 0 Å². The van der Waals surface area contributed by atoms with E-state index >= 15 is 0 Å². The number of hydrogen-bond donors (Lipinski definition) is 0. The van der Waals surface area contributed by atoms with E-state index in [0.29, 0.717) is 0 Å². The Kier molecular flexibility index (Phi) is 19.5. The zero-order valence-electron chi connectivity index (χ0n) is 91.3. The molecule has 28 rings (SSSR count). The molecule has 2 saturated carbocycles. The molecule has 0 bridgehead atoms. The van der Waals surface area contributed by atoms with E-state index in [2.05, 4.69) is 450 Å². The fraction of sp³-hybridized carbons (Fsp3) is 0.387. The fourth-order valence-electron chi connectivity index (χ4n) is 32.3. The highest BCUT2D eigenvalue weighted by Gasteiger charge is 2.64. The second-order valence-corrected chi connectivity index (χ2v) is 55.1. The van der Waals surface area contributed by atoms with Gasteiger partial charge in [0.1, 0.15) is 0 Å². The van der Waals surface area contributed by atoms with Gasteiger partial charge in [-0.3, -0.25) is 0 Å². The topological polar surface area (TPSA) is 19.4 Å². The summed E-state index contributed by atoms with van der Waals surface area (Å²) >= 11 is 1.94. The lowest BCUT2D eigenvalue weighted by atomic mass is 9.33. The summed E-state index contributed by atoms with van der Waals surface area (Å²) < 4.78 is 2.67. The zero-order valence-corrected chi connectivity index (χ0v) is 92.1. The third-order valence-electron chi connectivity index (χ3n) is 41.5. The van der Waals surface area contributed by atoms with Crippen molar-refractivity contribution in [3.05, 3.63) is 333 Å². The summed E-state index contributed by atoms with van der Waals surface area (Å²) in [6.45, 7) is 59.6. The van der Waals surface area contributed by atoms with Crippen molar-refractivity contribution in [2.75, 3.05) is 29.4 Å². The normalized spacial score (nSPS) is 23.6. The van der Waals surface area contributed by atoms with Gasteiger partial charge in [-0.2, -0.15) is 0 Å². The van der Waals surface area contributed by atoms with Gasteiger partial charge in [0.2, 0.25) is 0 Å². The Balaban J connectivity index is 0.000000145. The van der Waals surface area contributed by atoms with Gasteiger partial charge in [0, 0.05) is 111 Å². The van der Waals surface area contributed by atoms with E-state index in [1.165, 1.54) is 325 Å². The molecule has 736 valence electrons. The van der Waals surface area contributed by atoms with Crippen LogP contribution in [0.25, 0.3) is 31.3 Å². The highest BCUT2D eigenvalue weighted by Crippen LogP contribution is 2.67. The molecule has 0 saturated heterocycles. The van der Waals surface area contributed by atoms with Crippen LogP contribution in [0.15, 0.2) is 255 Å². The summed E-state index contributed by atoms with van der Waals surface area (Å²) in [7, 11) is 0. The van der Waals surface area contributed by atoms with Crippen LogP contribution >= 0.6 is 11.3 Å². The zero-order chi connectivity index (χ0) is 101. The van der Waals surface area contributed by atoms with Crippen LogP contribution in [0.4, 0.5) is 91.0 Å². The predicted octanol–water partition coefficient (Wildman–Crippen LogP) is 33.7. The number of para-hydroxylation sites is 2. The molecule has 0 spiro atoms. The van der Waals surface area contributed by atoms with E-state index in [1.54, 1.807) is 11.1 Å². The minimum atomic E-state index is -0.214. The fourth-order valence-corrected chi connectivity index (χ4v) is 33.5. The molecular formula is C137H146B2N6S. The summed E-state index contributed by atoms with van der Waals surface area (Å²) in [6, 6.07) is 103. The number of aryl methyl sites for hydroxylation is 2. The first-order valence-corrected chi connectivity index (χ1v) is 56.6. The molecule has 1 aromatic heterocycles. The number of hydrogen-bond acceptors (Lipinski definition) is 7. The van der Waals surface area contributed by atoms with Gasteiger partial charge in [0.05, 0.1) is 27.2 Å². The summed E-state index contributed by atoms with van der Waals surface area (Å²) in [6.07, 6.45) is 19.4. The van der Waals surface area contributed by atoms with Crippen molar-refractivity contribution in [2.24, 2.45) is 0 Å². The second kappa shape index (κ2) is 30.8. The Morgan fingerprint density at radius 3 is 1.03 bits per heavy atom. The summed E-state index contributed by atoms with van der Waals surface area (Å²) in [5, 5.41) is 2.66. The van der Waals surface area contributed by atoms with Crippen molar-refractivity contribution in [2.45, 2.75) is 340 Å². The van der Waals surface area contributed by atoms with E-state index < -0.39 is 0 Å². The van der Waals surface area contributed by atoms with Crippen LogP contribution in [-0.2, 0) is 59.6 Å². The maximum Gasteiger partial charge on any atom is 0.252 e. The SMILES string of the molecule is Cc1cc2c3c(c1)N1c4c(cccc4C4(C)CCCCC14C)B3c1ccc(N(c3ccc4c(c3)C(C)(C)CCC4(C)C)c3ccc4c(c3)C(C)(C)CCC4(C)C)cc1N2c1cccc2c1C(C)(C)c1ccccc1-2.Cc1cc2c3c(c1)N1c4c(cccc4C4(C)CCCCC14C)B3c1ccc(N(c3ccc4c(c3)C(C)(C)CCC4(C)C)c3ccc4c(c3)C(C)(C)CCC4(C)C)cc1N2c1cccc2c1sc1ccccc12. The molecule has 6 nitrogen and oxygen atoms in total. The van der Waals surface area contributed by atoms with Gasteiger partial charge in [-0.25, -0.2) is 0 Å². The van der Waals surface area contributed by atoms with Crippen LogP contribution in [0.3, 0.4) is 0 Å². The van der Waals surface area contributed by atoms with E-state index in [0.717, 1.165) is 0 Å². The van der Waals surface area contributed by atoms with Gasteiger partial charge in [0.15, 0.2) is 0 Å². The van der Waals surface area contributed by atoms with Crippen LogP contribution in [0, 0.1) is 13.8 Å². The van der Waals surface area contributed by atoms with Crippen LogP contribution in [0.5, 0.6) is 0 Å². The maximum absolute atomic E-state index is 2.88. The average molecular weight is 1930 g/mol. The van der Waals surface area contributed by atoms with E-state index in [-0.39, 0.29) is 84.1 Å². The Labute approximate surface area is 875 Å².